The molecule has 3 N–H and O–H groups in total. The fourth-order valence-electron chi connectivity index (χ4n) is 2.59. The van der Waals surface area contributed by atoms with E-state index in [1.165, 1.54) is 22.7 Å². The van der Waals surface area contributed by atoms with Crippen LogP contribution in [0.15, 0.2) is 35.7 Å². The zero-order chi connectivity index (χ0) is 17.4. The molecule has 0 fully saturated rings. The smallest absolute Gasteiger partial charge is 0.267 e. The number of thiophene rings is 1. The quantitative estimate of drug-likeness (QED) is 0.737. The summed E-state index contributed by atoms with van der Waals surface area (Å²) in [5.74, 6) is 0.157. The van der Waals surface area contributed by atoms with E-state index in [9.17, 15) is 9.59 Å². The first kappa shape index (κ1) is 15.8. The summed E-state index contributed by atoms with van der Waals surface area (Å²) in [6, 6.07) is 9.64. The van der Waals surface area contributed by atoms with Crippen molar-refractivity contribution in [3.8, 4) is 16.2 Å². The van der Waals surface area contributed by atoms with Gasteiger partial charge in [-0.15, -0.1) is 22.7 Å². The second kappa shape index (κ2) is 6.30. The monoisotopic (exact) mass is 371 g/mol. The van der Waals surface area contributed by atoms with Crippen LogP contribution in [0.5, 0.6) is 5.75 Å². The molecule has 2 amide bonds. The molecule has 3 heterocycles. The van der Waals surface area contributed by atoms with Crippen LogP contribution in [0.3, 0.4) is 0 Å². The van der Waals surface area contributed by atoms with E-state index in [4.69, 9.17) is 10.5 Å². The summed E-state index contributed by atoms with van der Waals surface area (Å²) in [6.45, 7) is 0.455. The highest BCUT2D eigenvalue weighted by molar-refractivity contribution is 7.18. The molecule has 0 atom stereocenters. The molecule has 1 aliphatic rings. The van der Waals surface area contributed by atoms with Crippen LogP contribution in [0.4, 0.5) is 5.13 Å². The van der Waals surface area contributed by atoms with Gasteiger partial charge in [-0.3, -0.25) is 14.9 Å². The molecule has 8 heteroatoms. The first-order valence-corrected chi connectivity index (χ1v) is 9.19. The summed E-state index contributed by atoms with van der Waals surface area (Å²) in [7, 11) is 0. The van der Waals surface area contributed by atoms with Crippen LogP contribution < -0.4 is 15.8 Å². The van der Waals surface area contributed by atoms with Crippen molar-refractivity contribution in [3.05, 3.63) is 51.8 Å². The van der Waals surface area contributed by atoms with Gasteiger partial charge >= 0.3 is 0 Å². The molecule has 3 aromatic rings. The minimum atomic E-state index is -0.451. The Hall–Kier alpha value is -2.71. The topological polar surface area (TPSA) is 94.3 Å². The Morgan fingerprint density at radius 3 is 3.00 bits per heavy atom. The number of amides is 2. The standard InChI is InChI=1S/C17H13N3O3S2/c18-14(21)6-10-8-24-17(19-10)20-16(22)13-5-9-7-23-12-4-2-1-3-11(12)15(9)25-13/h1-5,8H,6-7H2,(H2,18,21)(H,19,20,22). The number of nitrogens with zero attached hydrogens (tertiary/aromatic N) is 1. The SMILES string of the molecule is NC(=O)Cc1csc(NC(=O)c2cc3c(s2)-c2ccccc2OC3)n1. The molecular weight excluding hydrogens is 358 g/mol. The Balaban J connectivity index is 1.55. The maximum absolute atomic E-state index is 12.5. The lowest BCUT2D eigenvalue weighted by Gasteiger charge is -2.16. The average molecular weight is 371 g/mol. The number of nitrogens with one attached hydrogen (secondary N) is 1. The van der Waals surface area contributed by atoms with Gasteiger partial charge in [0.05, 0.1) is 17.0 Å². The van der Waals surface area contributed by atoms with Crippen molar-refractivity contribution in [1.29, 1.82) is 0 Å². The molecule has 0 radical (unpaired) electrons. The lowest BCUT2D eigenvalue weighted by molar-refractivity contribution is -0.117. The number of fused-ring (bicyclic) bond motifs is 3. The summed E-state index contributed by atoms with van der Waals surface area (Å²) in [4.78, 5) is 29.3. The van der Waals surface area contributed by atoms with Gasteiger partial charge in [0, 0.05) is 21.4 Å². The summed E-state index contributed by atoms with van der Waals surface area (Å²) >= 11 is 2.70. The lowest BCUT2D eigenvalue weighted by Crippen LogP contribution is -2.14. The number of primary amides is 1. The highest BCUT2D eigenvalue weighted by Crippen LogP contribution is 2.42. The molecule has 0 bridgehead atoms. The number of hydrogen-bond donors (Lipinski definition) is 2. The van der Waals surface area contributed by atoms with Crippen molar-refractivity contribution >= 4 is 39.6 Å². The van der Waals surface area contributed by atoms with Crippen molar-refractivity contribution < 1.29 is 14.3 Å². The van der Waals surface area contributed by atoms with E-state index in [2.05, 4.69) is 10.3 Å². The van der Waals surface area contributed by atoms with Crippen LogP contribution in [0.2, 0.25) is 0 Å². The van der Waals surface area contributed by atoms with Gasteiger partial charge in [-0.05, 0) is 18.2 Å². The predicted octanol–water partition coefficient (Wildman–Crippen LogP) is 3.04. The maximum atomic E-state index is 12.5. The van der Waals surface area contributed by atoms with E-state index in [1.807, 2.05) is 30.3 Å². The van der Waals surface area contributed by atoms with Crippen molar-refractivity contribution in [3.63, 3.8) is 0 Å². The van der Waals surface area contributed by atoms with Gasteiger partial charge in [0.2, 0.25) is 5.91 Å². The molecule has 0 unspecified atom stereocenters. The van der Waals surface area contributed by atoms with Gasteiger partial charge in [0.1, 0.15) is 12.4 Å². The highest BCUT2D eigenvalue weighted by Gasteiger charge is 2.22. The third kappa shape index (κ3) is 3.13. The van der Waals surface area contributed by atoms with E-state index < -0.39 is 5.91 Å². The first-order chi connectivity index (χ1) is 12.1. The van der Waals surface area contributed by atoms with Crippen LogP contribution in [0.25, 0.3) is 10.4 Å². The molecule has 1 aromatic carbocycles. The number of benzene rings is 1. The van der Waals surface area contributed by atoms with Crippen LogP contribution in [-0.2, 0) is 17.8 Å². The number of para-hydroxylation sites is 1. The number of aromatic nitrogens is 1. The fourth-order valence-corrected chi connectivity index (χ4v) is 4.39. The van der Waals surface area contributed by atoms with Gasteiger partial charge in [-0.1, -0.05) is 12.1 Å². The largest absolute Gasteiger partial charge is 0.488 e. The van der Waals surface area contributed by atoms with E-state index >= 15 is 0 Å². The van der Waals surface area contributed by atoms with Gasteiger partial charge in [0.15, 0.2) is 5.13 Å². The van der Waals surface area contributed by atoms with Crippen LogP contribution in [0, 0.1) is 0 Å². The normalized spacial score (nSPS) is 12.0. The molecular formula is C17H13N3O3S2. The molecule has 126 valence electrons. The van der Waals surface area contributed by atoms with E-state index in [1.54, 1.807) is 5.38 Å². The molecule has 0 spiro atoms. The minimum absolute atomic E-state index is 0.0633. The van der Waals surface area contributed by atoms with Gasteiger partial charge < -0.3 is 10.5 Å². The van der Waals surface area contributed by atoms with E-state index in [0.717, 1.165) is 21.8 Å². The summed E-state index contributed by atoms with van der Waals surface area (Å²) in [5.41, 5.74) is 7.71. The number of carbonyl (C=O) groups is 2. The van der Waals surface area contributed by atoms with E-state index in [-0.39, 0.29) is 12.3 Å². The van der Waals surface area contributed by atoms with Crippen molar-refractivity contribution in [2.45, 2.75) is 13.0 Å². The molecule has 1 aliphatic heterocycles. The molecule has 0 aliphatic carbocycles. The van der Waals surface area contributed by atoms with Crippen molar-refractivity contribution in [1.82, 2.24) is 4.98 Å². The second-order valence-electron chi connectivity index (χ2n) is 5.49. The number of ether oxygens (including phenoxy) is 1. The number of hydrogen-bond acceptors (Lipinski definition) is 6. The molecule has 25 heavy (non-hydrogen) atoms. The fraction of sp³-hybridized carbons (Fsp3) is 0.118. The molecule has 0 saturated carbocycles. The third-order valence-corrected chi connectivity index (χ3v) is 5.69. The number of rotatable bonds is 4. The summed E-state index contributed by atoms with van der Waals surface area (Å²) in [5, 5.41) is 4.93. The Morgan fingerprint density at radius 1 is 1.32 bits per heavy atom. The Kier molecular flexibility index (Phi) is 3.98. The lowest BCUT2D eigenvalue weighted by atomic mass is 10.1. The number of thiazole rings is 1. The van der Waals surface area contributed by atoms with E-state index in [0.29, 0.717) is 22.3 Å². The molecule has 2 aromatic heterocycles. The van der Waals surface area contributed by atoms with Crippen molar-refractivity contribution in [2.24, 2.45) is 5.73 Å². The molecule has 6 nitrogen and oxygen atoms in total. The second-order valence-corrected chi connectivity index (χ2v) is 7.40. The predicted molar refractivity (Wildman–Crippen MR) is 97.1 cm³/mol. The Bertz CT molecular complexity index is 977. The highest BCUT2D eigenvalue weighted by atomic mass is 32.1. The average Bonchev–Trinajstić information content (AvgIpc) is 3.21. The van der Waals surface area contributed by atoms with Crippen LogP contribution in [-0.4, -0.2) is 16.8 Å². The number of carbonyl (C=O) groups excluding carboxylic acids is 2. The Labute approximate surface area is 151 Å². The minimum Gasteiger partial charge on any atom is -0.488 e. The van der Waals surface area contributed by atoms with Crippen LogP contribution in [0.1, 0.15) is 20.9 Å². The maximum Gasteiger partial charge on any atom is 0.267 e. The summed E-state index contributed by atoms with van der Waals surface area (Å²) < 4.78 is 5.72. The Morgan fingerprint density at radius 2 is 2.16 bits per heavy atom. The zero-order valence-corrected chi connectivity index (χ0v) is 14.6. The van der Waals surface area contributed by atoms with Gasteiger partial charge in [-0.25, -0.2) is 4.98 Å². The number of nitrogens with two attached hydrogens (primary N) is 1. The van der Waals surface area contributed by atoms with Crippen LogP contribution >= 0.6 is 22.7 Å². The summed E-state index contributed by atoms with van der Waals surface area (Å²) in [6.07, 6.45) is 0.0633. The molecule has 0 saturated heterocycles. The van der Waals surface area contributed by atoms with Gasteiger partial charge in [-0.2, -0.15) is 0 Å². The van der Waals surface area contributed by atoms with Crippen molar-refractivity contribution in [2.75, 3.05) is 5.32 Å². The van der Waals surface area contributed by atoms with Gasteiger partial charge in [0.25, 0.3) is 5.91 Å². The third-order valence-electron chi connectivity index (χ3n) is 3.68. The zero-order valence-electron chi connectivity index (χ0n) is 12.9. The first-order valence-electron chi connectivity index (χ1n) is 7.49. The molecule has 4 rings (SSSR count). The number of anilines is 1.